The van der Waals surface area contributed by atoms with Crippen LogP contribution in [0.2, 0.25) is 5.02 Å². The molecule has 2 heterocycles. The van der Waals surface area contributed by atoms with Crippen molar-refractivity contribution in [2.24, 2.45) is 0 Å². The Hall–Kier alpha value is -1.45. The maximum absolute atomic E-state index is 12.6. The molecular formula is C12H8ClF3N4S2. The molecule has 0 saturated heterocycles. The van der Waals surface area contributed by atoms with Gasteiger partial charge in [-0.1, -0.05) is 41.6 Å². The third kappa shape index (κ3) is 2.75. The van der Waals surface area contributed by atoms with E-state index in [1.807, 2.05) is 24.3 Å². The fourth-order valence-corrected chi connectivity index (χ4v) is 4.37. The average molecular weight is 365 g/mol. The van der Waals surface area contributed by atoms with Crippen LogP contribution in [0.25, 0.3) is 10.1 Å². The molecule has 0 unspecified atom stereocenters. The Balaban J connectivity index is 1.83. The Morgan fingerprint density at radius 3 is 2.64 bits per heavy atom. The van der Waals surface area contributed by atoms with Crippen molar-refractivity contribution in [1.82, 2.24) is 14.9 Å². The van der Waals surface area contributed by atoms with Crippen LogP contribution in [-0.2, 0) is 11.9 Å². The SMILES string of the molecule is Nn1c(SCc2sc3ccccc3c2Cl)nnc1C(F)(F)F. The number of rotatable bonds is 3. The molecule has 0 atom stereocenters. The second-order valence-electron chi connectivity index (χ2n) is 4.30. The number of nitrogens with two attached hydrogens (primary N) is 1. The number of nitrogens with zero attached hydrogens (tertiary/aromatic N) is 3. The second-order valence-corrected chi connectivity index (χ2v) is 6.76. The summed E-state index contributed by atoms with van der Waals surface area (Å²) in [6, 6.07) is 7.62. The van der Waals surface area contributed by atoms with E-state index in [2.05, 4.69) is 10.2 Å². The molecule has 0 radical (unpaired) electrons. The molecule has 0 bridgehead atoms. The summed E-state index contributed by atoms with van der Waals surface area (Å²) < 4.78 is 39.3. The van der Waals surface area contributed by atoms with Crippen LogP contribution in [-0.4, -0.2) is 14.9 Å². The molecule has 0 fully saturated rings. The Kier molecular flexibility index (Phi) is 3.96. The number of aromatic nitrogens is 3. The number of alkyl halides is 3. The molecule has 0 amide bonds. The van der Waals surface area contributed by atoms with E-state index < -0.39 is 12.0 Å². The van der Waals surface area contributed by atoms with Crippen molar-refractivity contribution in [1.29, 1.82) is 0 Å². The summed E-state index contributed by atoms with van der Waals surface area (Å²) in [6.45, 7) is 0. The molecule has 0 aliphatic heterocycles. The lowest BCUT2D eigenvalue weighted by molar-refractivity contribution is -0.146. The maximum Gasteiger partial charge on any atom is 0.453 e. The van der Waals surface area contributed by atoms with Crippen molar-refractivity contribution in [2.45, 2.75) is 17.1 Å². The minimum absolute atomic E-state index is 0.0131. The van der Waals surface area contributed by atoms with Gasteiger partial charge in [0.2, 0.25) is 5.16 Å². The minimum Gasteiger partial charge on any atom is -0.335 e. The molecule has 22 heavy (non-hydrogen) atoms. The average Bonchev–Trinajstić information content (AvgIpc) is 2.98. The third-order valence-electron chi connectivity index (χ3n) is 2.85. The van der Waals surface area contributed by atoms with Crippen LogP contribution in [0.15, 0.2) is 29.4 Å². The fraction of sp³-hybridized carbons (Fsp3) is 0.167. The standard InChI is InChI=1S/C12H8ClF3N4S2/c13-9-6-3-1-2-4-7(6)22-8(9)5-21-11-19-18-10(20(11)17)12(14,15)16/h1-4H,5,17H2. The lowest BCUT2D eigenvalue weighted by atomic mass is 10.2. The van der Waals surface area contributed by atoms with E-state index in [0.717, 1.165) is 26.7 Å². The van der Waals surface area contributed by atoms with E-state index in [0.29, 0.717) is 15.5 Å². The predicted molar refractivity (Wildman–Crippen MR) is 81.6 cm³/mol. The highest BCUT2D eigenvalue weighted by Gasteiger charge is 2.38. The lowest BCUT2D eigenvalue weighted by Crippen LogP contribution is -2.21. The zero-order chi connectivity index (χ0) is 15.9. The predicted octanol–water partition coefficient (Wildman–Crippen LogP) is 4.17. The van der Waals surface area contributed by atoms with Gasteiger partial charge >= 0.3 is 6.18 Å². The molecule has 1 aromatic carbocycles. The summed E-state index contributed by atoms with van der Waals surface area (Å²) in [5, 5.41) is 8.07. The number of hydrogen-bond acceptors (Lipinski definition) is 5. The lowest BCUT2D eigenvalue weighted by Gasteiger charge is -2.05. The summed E-state index contributed by atoms with van der Waals surface area (Å²) in [6.07, 6.45) is -4.63. The molecule has 0 spiro atoms. The number of nitrogen functional groups attached to an aromatic ring is 1. The van der Waals surface area contributed by atoms with E-state index in [9.17, 15) is 13.2 Å². The molecule has 0 aliphatic rings. The van der Waals surface area contributed by atoms with E-state index in [4.69, 9.17) is 17.4 Å². The summed E-state index contributed by atoms with van der Waals surface area (Å²) in [5.74, 6) is 4.53. The van der Waals surface area contributed by atoms with Crippen LogP contribution in [0.5, 0.6) is 0 Å². The van der Waals surface area contributed by atoms with Gasteiger partial charge in [0.05, 0.1) is 5.02 Å². The molecule has 0 aliphatic carbocycles. The number of benzene rings is 1. The fourth-order valence-electron chi connectivity index (χ4n) is 1.86. The highest BCUT2D eigenvalue weighted by atomic mass is 35.5. The zero-order valence-corrected chi connectivity index (χ0v) is 13.2. The summed E-state index contributed by atoms with van der Waals surface area (Å²) in [4.78, 5) is 0.851. The van der Waals surface area contributed by atoms with E-state index in [-0.39, 0.29) is 5.16 Å². The smallest absolute Gasteiger partial charge is 0.335 e. The van der Waals surface area contributed by atoms with Crippen molar-refractivity contribution >= 4 is 44.8 Å². The second kappa shape index (κ2) is 5.64. The topological polar surface area (TPSA) is 56.7 Å². The molecule has 2 N–H and O–H groups in total. The van der Waals surface area contributed by atoms with Crippen molar-refractivity contribution in [2.75, 3.05) is 5.84 Å². The van der Waals surface area contributed by atoms with Crippen LogP contribution in [0.4, 0.5) is 13.2 Å². The molecule has 0 saturated carbocycles. The van der Waals surface area contributed by atoms with Gasteiger partial charge in [-0.25, -0.2) is 4.68 Å². The van der Waals surface area contributed by atoms with Crippen LogP contribution in [0.1, 0.15) is 10.7 Å². The Labute approximate surface area is 136 Å². The van der Waals surface area contributed by atoms with Gasteiger partial charge in [-0.05, 0) is 6.07 Å². The van der Waals surface area contributed by atoms with Gasteiger partial charge in [-0.2, -0.15) is 13.2 Å². The van der Waals surface area contributed by atoms with E-state index in [1.54, 1.807) is 0 Å². The molecule has 3 rings (SSSR count). The van der Waals surface area contributed by atoms with Gasteiger partial charge in [0.1, 0.15) is 0 Å². The van der Waals surface area contributed by atoms with Gasteiger partial charge in [-0.3, -0.25) is 0 Å². The first-order valence-corrected chi connectivity index (χ1v) is 8.12. The first kappa shape index (κ1) is 15.4. The van der Waals surface area contributed by atoms with Crippen molar-refractivity contribution in [3.8, 4) is 0 Å². The molecular weight excluding hydrogens is 357 g/mol. The largest absolute Gasteiger partial charge is 0.453 e. The molecule has 2 aromatic heterocycles. The van der Waals surface area contributed by atoms with Crippen LogP contribution in [0, 0.1) is 0 Å². The van der Waals surface area contributed by atoms with Crippen molar-refractivity contribution < 1.29 is 13.2 Å². The summed E-state index contributed by atoms with van der Waals surface area (Å²) in [7, 11) is 0. The maximum atomic E-state index is 12.6. The van der Waals surface area contributed by atoms with E-state index in [1.165, 1.54) is 11.3 Å². The van der Waals surface area contributed by atoms with Crippen LogP contribution >= 0.6 is 34.7 Å². The monoisotopic (exact) mass is 364 g/mol. The van der Waals surface area contributed by atoms with Gasteiger partial charge in [0.15, 0.2) is 0 Å². The van der Waals surface area contributed by atoms with Crippen molar-refractivity contribution in [3.05, 3.63) is 40.0 Å². The van der Waals surface area contributed by atoms with Gasteiger partial charge < -0.3 is 5.84 Å². The van der Waals surface area contributed by atoms with Crippen LogP contribution < -0.4 is 5.84 Å². The van der Waals surface area contributed by atoms with Gasteiger partial charge in [-0.15, -0.1) is 21.5 Å². The zero-order valence-electron chi connectivity index (χ0n) is 10.8. The molecule has 10 heteroatoms. The van der Waals surface area contributed by atoms with E-state index >= 15 is 0 Å². The number of thioether (sulfide) groups is 1. The Morgan fingerprint density at radius 2 is 2.00 bits per heavy atom. The number of fused-ring (bicyclic) bond motifs is 1. The number of halogens is 4. The first-order valence-electron chi connectivity index (χ1n) is 5.94. The Morgan fingerprint density at radius 1 is 1.27 bits per heavy atom. The third-order valence-corrected chi connectivity index (χ3v) is 5.72. The Bertz CT molecular complexity index is 827. The number of thiophene rings is 1. The first-order chi connectivity index (χ1) is 10.4. The molecule has 4 nitrogen and oxygen atoms in total. The van der Waals surface area contributed by atoms with Gasteiger partial charge in [0, 0.05) is 20.7 Å². The summed E-state index contributed by atoms with van der Waals surface area (Å²) >= 11 is 8.83. The normalized spacial score (nSPS) is 12.2. The molecule has 116 valence electrons. The minimum atomic E-state index is -4.63. The highest BCUT2D eigenvalue weighted by molar-refractivity contribution is 7.98. The quantitative estimate of drug-likeness (QED) is 0.559. The number of hydrogen-bond donors (Lipinski definition) is 1. The summed E-state index contributed by atoms with van der Waals surface area (Å²) in [5.41, 5.74) is 0. The van der Waals surface area contributed by atoms with Crippen LogP contribution in [0.3, 0.4) is 0 Å². The van der Waals surface area contributed by atoms with Crippen molar-refractivity contribution in [3.63, 3.8) is 0 Å². The van der Waals surface area contributed by atoms with Gasteiger partial charge in [0.25, 0.3) is 5.82 Å². The molecule has 3 aromatic rings. The highest BCUT2D eigenvalue weighted by Crippen LogP contribution is 2.38.